The molecule has 29 heavy (non-hydrogen) atoms. The predicted molar refractivity (Wildman–Crippen MR) is 112 cm³/mol. The van der Waals surface area contributed by atoms with Crippen molar-refractivity contribution in [3.05, 3.63) is 53.6 Å². The van der Waals surface area contributed by atoms with Gasteiger partial charge in [-0.3, -0.25) is 9.59 Å². The van der Waals surface area contributed by atoms with Crippen LogP contribution in [0.5, 0.6) is 5.75 Å². The van der Waals surface area contributed by atoms with Gasteiger partial charge in [-0.25, -0.2) is 0 Å². The maximum atomic E-state index is 12.5. The van der Waals surface area contributed by atoms with E-state index < -0.39 is 5.91 Å². The second-order valence-corrected chi connectivity index (χ2v) is 8.95. The summed E-state index contributed by atoms with van der Waals surface area (Å²) in [4.78, 5) is 24.3. The van der Waals surface area contributed by atoms with Gasteiger partial charge in [-0.1, -0.05) is 39.5 Å². The van der Waals surface area contributed by atoms with Gasteiger partial charge in [0.05, 0.1) is 6.61 Å². The lowest BCUT2D eigenvalue weighted by atomic mass is 9.97. The molecule has 2 amide bonds. The van der Waals surface area contributed by atoms with E-state index in [9.17, 15) is 9.59 Å². The average Bonchev–Trinajstić information content (AvgIpc) is 3.11. The highest BCUT2D eigenvalue weighted by Crippen LogP contribution is 2.35. The fraction of sp³-hybridized carbons (Fsp3) is 0.455. The Morgan fingerprint density at radius 3 is 2.59 bits per heavy atom. The summed E-state index contributed by atoms with van der Waals surface area (Å²) < 4.78 is 5.84. The summed E-state index contributed by atoms with van der Waals surface area (Å²) in [5.41, 5.74) is 7.03. The van der Waals surface area contributed by atoms with Crippen molar-refractivity contribution in [1.29, 1.82) is 0 Å². The van der Waals surface area contributed by atoms with Gasteiger partial charge in [0.15, 0.2) is 0 Å². The molecule has 0 bridgehead atoms. The number of nitrogens with two attached hydrogens (primary N) is 1. The van der Waals surface area contributed by atoms with Crippen LogP contribution in [0.4, 0.5) is 0 Å². The SMILES string of the molecule is C=C1NC(=O)C(N)=C(C(=O)NC2CCC(c3ccc(OCC(C)(C)C)cc3)C2)N1. The summed E-state index contributed by atoms with van der Waals surface area (Å²) in [6, 6.07) is 8.25. The van der Waals surface area contributed by atoms with Gasteiger partial charge in [-0.15, -0.1) is 0 Å². The molecule has 1 aliphatic heterocycles. The van der Waals surface area contributed by atoms with E-state index in [1.54, 1.807) is 0 Å². The minimum Gasteiger partial charge on any atom is -0.493 e. The van der Waals surface area contributed by atoms with Crippen LogP contribution < -0.4 is 26.4 Å². The zero-order valence-corrected chi connectivity index (χ0v) is 17.3. The molecule has 1 heterocycles. The molecule has 5 N–H and O–H groups in total. The smallest absolute Gasteiger partial charge is 0.274 e. The van der Waals surface area contributed by atoms with Gasteiger partial charge in [0.25, 0.3) is 11.8 Å². The Hall–Kier alpha value is -2.96. The third-order valence-electron chi connectivity index (χ3n) is 5.07. The number of rotatable bonds is 5. The molecule has 1 aromatic rings. The van der Waals surface area contributed by atoms with E-state index in [0.717, 1.165) is 25.0 Å². The summed E-state index contributed by atoms with van der Waals surface area (Å²) in [5.74, 6) is 0.594. The molecule has 1 aliphatic carbocycles. The molecule has 7 heteroatoms. The maximum Gasteiger partial charge on any atom is 0.274 e. The molecule has 1 fully saturated rings. The second-order valence-electron chi connectivity index (χ2n) is 8.95. The summed E-state index contributed by atoms with van der Waals surface area (Å²) in [5, 5.41) is 8.17. The fourth-order valence-corrected chi connectivity index (χ4v) is 3.56. The highest BCUT2D eigenvalue weighted by Gasteiger charge is 2.30. The summed E-state index contributed by atoms with van der Waals surface area (Å²) in [6.07, 6.45) is 2.70. The normalized spacial score (nSPS) is 22.2. The zero-order chi connectivity index (χ0) is 21.2. The number of carbonyl (C=O) groups excluding carboxylic acids is 2. The highest BCUT2D eigenvalue weighted by molar-refractivity contribution is 6.05. The molecule has 1 aromatic carbocycles. The van der Waals surface area contributed by atoms with Gasteiger partial charge in [0.2, 0.25) is 0 Å². The van der Waals surface area contributed by atoms with Crippen LogP contribution in [-0.4, -0.2) is 24.5 Å². The van der Waals surface area contributed by atoms with Crippen molar-refractivity contribution in [2.24, 2.45) is 11.1 Å². The molecule has 7 nitrogen and oxygen atoms in total. The van der Waals surface area contributed by atoms with Crippen LogP contribution in [0.2, 0.25) is 0 Å². The van der Waals surface area contributed by atoms with Crippen molar-refractivity contribution >= 4 is 11.8 Å². The van der Waals surface area contributed by atoms with Crippen molar-refractivity contribution in [2.45, 2.75) is 52.0 Å². The number of amides is 2. The molecule has 0 spiro atoms. The minimum absolute atomic E-state index is 0.0321. The first-order chi connectivity index (χ1) is 13.6. The molecular formula is C22H30N4O3. The van der Waals surface area contributed by atoms with Gasteiger partial charge in [0, 0.05) is 6.04 Å². The molecule has 156 valence electrons. The monoisotopic (exact) mass is 398 g/mol. The Balaban J connectivity index is 1.56. The Kier molecular flexibility index (Phi) is 5.86. The fourth-order valence-electron chi connectivity index (χ4n) is 3.56. The molecule has 0 aromatic heterocycles. The number of benzene rings is 1. The first kappa shape index (κ1) is 20.8. The average molecular weight is 399 g/mol. The summed E-state index contributed by atoms with van der Waals surface area (Å²) in [6.45, 7) is 10.7. The maximum absolute atomic E-state index is 12.5. The van der Waals surface area contributed by atoms with Crippen molar-refractivity contribution in [1.82, 2.24) is 16.0 Å². The summed E-state index contributed by atoms with van der Waals surface area (Å²) in [7, 11) is 0. The van der Waals surface area contributed by atoms with Gasteiger partial charge in [-0.2, -0.15) is 0 Å². The molecule has 2 aliphatic rings. The molecule has 2 unspecified atom stereocenters. The van der Waals surface area contributed by atoms with Crippen molar-refractivity contribution in [2.75, 3.05) is 6.61 Å². The minimum atomic E-state index is -0.517. The van der Waals surface area contributed by atoms with Gasteiger partial charge >= 0.3 is 0 Å². The molecular weight excluding hydrogens is 368 g/mol. The van der Waals surface area contributed by atoms with Crippen LogP contribution >= 0.6 is 0 Å². The van der Waals surface area contributed by atoms with Gasteiger partial charge in [-0.05, 0) is 48.3 Å². The first-order valence-electron chi connectivity index (χ1n) is 9.93. The van der Waals surface area contributed by atoms with E-state index in [2.05, 4.69) is 55.4 Å². The number of carbonyl (C=O) groups is 2. The van der Waals surface area contributed by atoms with E-state index >= 15 is 0 Å². The molecule has 0 radical (unpaired) electrons. The topological polar surface area (TPSA) is 105 Å². The van der Waals surface area contributed by atoms with Crippen LogP contribution in [0.3, 0.4) is 0 Å². The predicted octanol–water partition coefficient (Wildman–Crippen LogP) is 2.22. The molecule has 3 rings (SSSR count). The third-order valence-corrected chi connectivity index (χ3v) is 5.07. The Bertz CT molecular complexity index is 837. The number of nitrogens with one attached hydrogen (secondary N) is 3. The van der Waals surface area contributed by atoms with Crippen molar-refractivity contribution in [3.63, 3.8) is 0 Å². The van der Waals surface area contributed by atoms with E-state index in [-0.39, 0.29) is 34.6 Å². The Morgan fingerprint density at radius 2 is 1.93 bits per heavy atom. The highest BCUT2D eigenvalue weighted by atomic mass is 16.5. The lowest BCUT2D eigenvalue weighted by Crippen LogP contribution is -2.47. The van der Waals surface area contributed by atoms with Crippen LogP contribution in [-0.2, 0) is 9.59 Å². The first-order valence-corrected chi connectivity index (χ1v) is 9.93. The molecule has 0 saturated heterocycles. The lowest BCUT2D eigenvalue weighted by Gasteiger charge is -2.22. The number of hydrogen-bond donors (Lipinski definition) is 4. The quantitative estimate of drug-likeness (QED) is 0.609. The molecule has 2 atom stereocenters. The van der Waals surface area contributed by atoms with Crippen molar-refractivity contribution in [3.8, 4) is 5.75 Å². The standard InChI is InChI=1S/C22H30N4O3/c1-13-24-19(18(23)20(27)25-13)21(28)26-16-8-5-15(11-16)14-6-9-17(10-7-14)29-12-22(2,3)4/h6-7,9-10,15-16,24H,1,5,8,11-12,23H2,2-4H3,(H,25,27)(H,26,28). The van der Waals surface area contributed by atoms with E-state index in [1.165, 1.54) is 5.56 Å². The second kappa shape index (κ2) is 8.19. The van der Waals surface area contributed by atoms with Crippen LogP contribution in [0, 0.1) is 5.41 Å². The van der Waals surface area contributed by atoms with Gasteiger partial charge < -0.3 is 26.4 Å². The Morgan fingerprint density at radius 1 is 1.24 bits per heavy atom. The van der Waals surface area contributed by atoms with Gasteiger partial charge in [0.1, 0.15) is 23.0 Å². The van der Waals surface area contributed by atoms with Crippen LogP contribution in [0.1, 0.15) is 51.5 Å². The molecule has 1 saturated carbocycles. The van der Waals surface area contributed by atoms with Crippen LogP contribution in [0.25, 0.3) is 0 Å². The van der Waals surface area contributed by atoms with Crippen molar-refractivity contribution < 1.29 is 14.3 Å². The number of ether oxygens (including phenoxy) is 1. The van der Waals surface area contributed by atoms with E-state index in [0.29, 0.717) is 12.5 Å². The summed E-state index contributed by atoms with van der Waals surface area (Å²) >= 11 is 0. The lowest BCUT2D eigenvalue weighted by molar-refractivity contribution is -0.121. The third kappa shape index (κ3) is 5.31. The van der Waals surface area contributed by atoms with E-state index in [4.69, 9.17) is 10.5 Å². The number of hydrogen-bond acceptors (Lipinski definition) is 5. The Labute approximate surface area is 171 Å². The largest absolute Gasteiger partial charge is 0.493 e. The van der Waals surface area contributed by atoms with Crippen LogP contribution in [0.15, 0.2) is 48.1 Å². The zero-order valence-electron chi connectivity index (χ0n) is 17.3. The van der Waals surface area contributed by atoms with E-state index in [1.807, 2.05) is 12.1 Å².